The number of aryl methyl sites for hydroxylation is 1. The monoisotopic (exact) mass is 336 g/mol. The predicted octanol–water partition coefficient (Wildman–Crippen LogP) is 3.42. The summed E-state index contributed by atoms with van der Waals surface area (Å²) in [6.45, 7) is 4.96. The van der Waals surface area contributed by atoms with Crippen molar-refractivity contribution >= 4 is 5.96 Å². The predicted molar refractivity (Wildman–Crippen MR) is 104 cm³/mol. The van der Waals surface area contributed by atoms with Crippen LogP contribution in [-0.2, 0) is 13.0 Å². The Morgan fingerprint density at radius 2 is 1.92 bits per heavy atom. The lowest BCUT2D eigenvalue weighted by atomic mass is 9.90. The first kappa shape index (κ1) is 17.5. The Balaban J connectivity index is 1.50. The lowest BCUT2D eigenvalue weighted by Gasteiger charge is -2.34. The number of guanidine groups is 1. The minimum atomic E-state index is 0.725. The Bertz CT molecular complexity index is 688. The zero-order chi connectivity index (χ0) is 17.5. The molecule has 0 bridgehead atoms. The van der Waals surface area contributed by atoms with Gasteiger partial charge in [0.2, 0.25) is 0 Å². The normalized spacial score (nSPS) is 16.1. The second-order valence-electron chi connectivity index (χ2n) is 6.79. The molecule has 0 amide bonds. The molecule has 0 atom stereocenters. The van der Waals surface area contributed by atoms with Gasteiger partial charge in [-0.3, -0.25) is 9.98 Å². The number of nitrogens with one attached hydrogen (secondary N) is 1. The lowest BCUT2D eigenvalue weighted by molar-refractivity contribution is 0.259. The molecule has 0 spiro atoms. The maximum Gasteiger partial charge on any atom is 0.193 e. The third kappa shape index (κ3) is 4.81. The molecule has 1 aliphatic rings. The van der Waals surface area contributed by atoms with Crippen LogP contribution in [0.15, 0.2) is 53.7 Å². The van der Waals surface area contributed by atoms with E-state index in [1.165, 1.54) is 30.4 Å². The van der Waals surface area contributed by atoms with Crippen LogP contribution in [-0.4, -0.2) is 36.0 Å². The van der Waals surface area contributed by atoms with Gasteiger partial charge in [0.25, 0.3) is 0 Å². The molecule has 132 valence electrons. The van der Waals surface area contributed by atoms with E-state index < -0.39 is 0 Å². The molecule has 3 rings (SSSR count). The first-order valence-corrected chi connectivity index (χ1v) is 9.16. The van der Waals surface area contributed by atoms with E-state index in [4.69, 9.17) is 0 Å². The summed E-state index contributed by atoms with van der Waals surface area (Å²) in [5, 5.41) is 3.47. The fourth-order valence-corrected chi connectivity index (χ4v) is 3.49. The molecular weight excluding hydrogens is 308 g/mol. The van der Waals surface area contributed by atoms with Crippen molar-refractivity contribution in [3.05, 3.63) is 65.5 Å². The number of piperidine rings is 1. The summed E-state index contributed by atoms with van der Waals surface area (Å²) in [5.41, 5.74) is 3.75. The van der Waals surface area contributed by atoms with Gasteiger partial charge in [-0.25, -0.2) is 0 Å². The molecule has 1 saturated heterocycles. The molecule has 0 unspecified atom stereocenters. The fraction of sp³-hybridized carbons (Fsp3) is 0.429. The highest BCUT2D eigenvalue weighted by atomic mass is 15.3. The number of aromatic nitrogens is 1. The fourth-order valence-electron chi connectivity index (χ4n) is 3.49. The average Bonchev–Trinajstić information content (AvgIpc) is 2.66. The molecule has 1 N–H and O–H groups in total. The molecule has 4 nitrogen and oxygen atoms in total. The number of nitrogens with zero attached hydrogens (tertiary/aromatic N) is 3. The summed E-state index contributed by atoms with van der Waals surface area (Å²) in [7, 11) is 1.86. The summed E-state index contributed by atoms with van der Waals surface area (Å²) >= 11 is 0. The minimum Gasteiger partial charge on any atom is -0.351 e. The minimum absolute atomic E-state index is 0.725. The molecule has 1 aromatic carbocycles. The van der Waals surface area contributed by atoms with Crippen molar-refractivity contribution in [2.45, 2.75) is 32.7 Å². The quantitative estimate of drug-likeness (QED) is 0.687. The topological polar surface area (TPSA) is 40.5 Å². The smallest absolute Gasteiger partial charge is 0.193 e. The number of aliphatic imine (C=N–C) groups is 1. The summed E-state index contributed by atoms with van der Waals surface area (Å²) in [4.78, 5) is 11.3. The highest BCUT2D eigenvalue weighted by Gasteiger charge is 2.21. The standard InChI is InChI=1S/C21H28N4/c1-17-7-6-12-23-20(17)16-24-21(22-2)25-13-10-19(11-14-25)15-18-8-4-3-5-9-18/h3-9,12,19H,10-11,13-16H2,1-2H3,(H,22,24). The Morgan fingerprint density at radius 1 is 1.16 bits per heavy atom. The summed E-state index contributed by atoms with van der Waals surface area (Å²) in [5.74, 6) is 1.76. The van der Waals surface area contributed by atoms with Crippen LogP contribution in [0.3, 0.4) is 0 Å². The van der Waals surface area contributed by atoms with Crippen LogP contribution >= 0.6 is 0 Å². The molecule has 1 aliphatic heterocycles. The third-order valence-electron chi connectivity index (χ3n) is 5.02. The van der Waals surface area contributed by atoms with E-state index >= 15 is 0 Å². The number of benzene rings is 1. The molecule has 2 aromatic rings. The molecule has 2 heterocycles. The number of likely N-dealkylation sites (tertiary alicyclic amines) is 1. The number of hydrogen-bond acceptors (Lipinski definition) is 2. The van der Waals surface area contributed by atoms with Gasteiger partial charge in [0.1, 0.15) is 0 Å². The van der Waals surface area contributed by atoms with E-state index in [0.717, 1.165) is 37.2 Å². The highest BCUT2D eigenvalue weighted by Crippen LogP contribution is 2.21. The van der Waals surface area contributed by atoms with Crippen molar-refractivity contribution in [2.75, 3.05) is 20.1 Å². The largest absolute Gasteiger partial charge is 0.351 e. The first-order chi connectivity index (χ1) is 12.3. The second kappa shape index (κ2) is 8.65. The van der Waals surface area contributed by atoms with Gasteiger partial charge < -0.3 is 10.2 Å². The molecule has 0 aliphatic carbocycles. The first-order valence-electron chi connectivity index (χ1n) is 9.16. The Labute approximate surface area is 151 Å². The van der Waals surface area contributed by atoms with Gasteiger partial charge in [-0.2, -0.15) is 0 Å². The molecular formula is C21H28N4. The van der Waals surface area contributed by atoms with Crippen LogP contribution in [0.1, 0.15) is 29.7 Å². The van der Waals surface area contributed by atoms with E-state index in [1.54, 1.807) is 0 Å². The van der Waals surface area contributed by atoms with E-state index in [1.807, 2.05) is 19.3 Å². The van der Waals surface area contributed by atoms with Crippen molar-refractivity contribution in [3.63, 3.8) is 0 Å². The van der Waals surface area contributed by atoms with E-state index in [2.05, 4.69) is 63.5 Å². The molecule has 4 heteroatoms. The number of pyridine rings is 1. The molecule has 0 saturated carbocycles. The van der Waals surface area contributed by atoms with E-state index in [0.29, 0.717) is 0 Å². The van der Waals surface area contributed by atoms with E-state index in [-0.39, 0.29) is 0 Å². The third-order valence-corrected chi connectivity index (χ3v) is 5.02. The molecule has 1 fully saturated rings. The van der Waals surface area contributed by atoms with Gasteiger partial charge in [0.05, 0.1) is 12.2 Å². The van der Waals surface area contributed by atoms with Crippen LogP contribution in [0.5, 0.6) is 0 Å². The van der Waals surface area contributed by atoms with Gasteiger partial charge in [-0.05, 0) is 49.3 Å². The van der Waals surface area contributed by atoms with Gasteiger partial charge in [0, 0.05) is 26.3 Å². The second-order valence-corrected chi connectivity index (χ2v) is 6.79. The highest BCUT2D eigenvalue weighted by molar-refractivity contribution is 5.79. The molecule has 1 aromatic heterocycles. The lowest BCUT2D eigenvalue weighted by Crippen LogP contribution is -2.45. The van der Waals surface area contributed by atoms with Crippen molar-refractivity contribution < 1.29 is 0 Å². The number of hydrogen-bond donors (Lipinski definition) is 1. The molecule has 0 radical (unpaired) electrons. The van der Waals surface area contributed by atoms with Gasteiger partial charge in [0.15, 0.2) is 5.96 Å². The Morgan fingerprint density at radius 3 is 2.60 bits per heavy atom. The summed E-state index contributed by atoms with van der Waals surface area (Å²) in [6.07, 6.45) is 5.48. The van der Waals surface area contributed by atoms with Crippen molar-refractivity contribution in [1.82, 2.24) is 15.2 Å². The Kier molecular flexibility index (Phi) is 6.04. The van der Waals surface area contributed by atoms with Gasteiger partial charge in [-0.1, -0.05) is 36.4 Å². The average molecular weight is 336 g/mol. The van der Waals surface area contributed by atoms with Crippen LogP contribution in [0.4, 0.5) is 0 Å². The van der Waals surface area contributed by atoms with Crippen LogP contribution in [0.2, 0.25) is 0 Å². The van der Waals surface area contributed by atoms with Gasteiger partial charge >= 0.3 is 0 Å². The summed E-state index contributed by atoms with van der Waals surface area (Å²) in [6, 6.07) is 14.9. The zero-order valence-electron chi connectivity index (χ0n) is 15.3. The van der Waals surface area contributed by atoms with Crippen LogP contribution in [0.25, 0.3) is 0 Å². The zero-order valence-corrected chi connectivity index (χ0v) is 15.3. The van der Waals surface area contributed by atoms with Crippen molar-refractivity contribution in [1.29, 1.82) is 0 Å². The maximum absolute atomic E-state index is 4.47. The Hall–Kier alpha value is -2.36. The van der Waals surface area contributed by atoms with Crippen molar-refractivity contribution in [3.8, 4) is 0 Å². The van der Waals surface area contributed by atoms with Crippen molar-refractivity contribution in [2.24, 2.45) is 10.9 Å². The molecule has 25 heavy (non-hydrogen) atoms. The van der Waals surface area contributed by atoms with Crippen LogP contribution < -0.4 is 5.32 Å². The van der Waals surface area contributed by atoms with Gasteiger partial charge in [-0.15, -0.1) is 0 Å². The number of rotatable bonds is 4. The summed E-state index contributed by atoms with van der Waals surface area (Å²) < 4.78 is 0. The van der Waals surface area contributed by atoms with Crippen LogP contribution in [0, 0.1) is 12.8 Å². The maximum atomic E-state index is 4.47. The van der Waals surface area contributed by atoms with E-state index in [9.17, 15) is 0 Å². The SMILES string of the molecule is CN=C(NCc1ncccc1C)N1CCC(Cc2ccccc2)CC1.